The molecule has 2 N–H and O–H groups in total. The summed E-state index contributed by atoms with van der Waals surface area (Å²) in [5, 5.41) is 6.08. The molecule has 0 saturated heterocycles. The Kier molecular flexibility index (Phi) is 3.03. The number of hydrogen-bond acceptors (Lipinski definition) is 2. The van der Waals surface area contributed by atoms with Crippen LogP contribution in [0.15, 0.2) is 35.5 Å². The van der Waals surface area contributed by atoms with Crippen molar-refractivity contribution in [3.63, 3.8) is 0 Å². The van der Waals surface area contributed by atoms with E-state index in [1.165, 1.54) is 0 Å². The summed E-state index contributed by atoms with van der Waals surface area (Å²) in [5.41, 5.74) is 2.16. The summed E-state index contributed by atoms with van der Waals surface area (Å²) >= 11 is 6.18. The highest BCUT2D eigenvalue weighted by Crippen LogP contribution is 2.35. The SMILES string of the molecule is O=C1NC2=C(C(=O)CCC2)[C@H](c2ccccc2Cl)N1. The number of nitrogens with one attached hydrogen (secondary N) is 2. The maximum absolute atomic E-state index is 12.1. The average molecular weight is 277 g/mol. The minimum Gasteiger partial charge on any atom is -0.327 e. The van der Waals surface area contributed by atoms with E-state index in [0.29, 0.717) is 17.0 Å². The van der Waals surface area contributed by atoms with Crippen LogP contribution in [0.4, 0.5) is 4.79 Å². The van der Waals surface area contributed by atoms with Gasteiger partial charge in [0.15, 0.2) is 5.78 Å². The van der Waals surface area contributed by atoms with E-state index >= 15 is 0 Å². The summed E-state index contributed by atoms with van der Waals surface area (Å²) in [6.45, 7) is 0. The van der Waals surface area contributed by atoms with Crippen LogP contribution in [0.2, 0.25) is 5.02 Å². The predicted octanol–water partition coefficient (Wildman–Crippen LogP) is 2.70. The van der Waals surface area contributed by atoms with Gasteiger partial charge in [0, 0.05) is 22.7 Å². The number of hydrogen-bond donors (Lipinski definition) is 2. The predicted molar refractivity (Wildman–Crippen MR) is 71.7 cm³/mol. The van der Waals surface area contributed by atoms with Crippen LogP contribution < -0.4 is 10.6 Å². The highest BCUT2D eigenvalue weighted by Gasteiger charge is 2.34. The van der Waals surface area contributed by atoms with Gasteiger partial charge < -0.3 is 10.6 Å². The van der Waals surface area contributed by atoms with Gasteiger partial charge in [-0.15, -0.1) is 0 Å². The zero-order chi connectivity index (χ0) is 13.4. The summed E-state index contributed by atoms with van der Waals surface area (Å²) in [7, 11) is 0. The Balaban J connectivity index is 2.11. The van der Waals surface area contributed by atoms with Crippen LogP contribution in [-0.4, -0.2) is 11.8 Å². The van der Waals surface area contributed by atoms with Crippen LogP contribution >= 0.6 is 11.6 Å². The fourth-order valence-electron chi connectivity index (χ4n) is 2.65. The van der Waals surface area contributed by atoms with Gasteiger partial charge in [-0.2, -0.15) is 0 Å². The highest BCUT2D eigenvalue weighted by molar-refractivity contribution is 6.31. The molecule has 1 aromatic carbocycles. The molecule has 2 amide bonds. The molecule has 0 fully saturated rings. The molecule has 3 rings (SSSR count). The van der Waals surface area contributed by atoms with Crippen molar-refractivity contribution < 1.29 is 9.59 Å². The van der Waals surface area contributed by atoms with Crippen molar-refractivity contribution in [3.05, 3.63) is 46.1 Å². The molecule has 1 aliphatic carbocycles. The highest BCUT2D eigenvalue weighted by atomic mass is 35.5. The molecule has 19 heavy (non-hydrogen) atoms. The van der Waals surface area contributed by atoms with Gasteiger partial charge >= 0.3 is 6.03 Å². The lowest BCUT2D eigenvalue weighted by molar-refractivity contribution is -0.116. The third kappa shape index (κ3) is 2.12. The molecular weight excluding hydrogens is 264 g/mol. The van der Waals surface area contributed by atoms with Crippen molar-refractivity contribution in [1.82, 2.24) is 10.6 Å². The quantitative estimate of drug-likeness (QED) is 0.828. The number of urea groups is 1. The van der Waals surface area contributed by atoms with Crippen LogP contribution in [0, 0.1) is 0 Å². The Morgan fingerprint density at radius 1 is 1.16 bits per heavy atom. The smallest absolute Gasteiger partial charge is 0.319 e. The number of allylic oxidation sites excluding steroid dienone is 1. The molecule has 0 radical (unpaired) electrons. The first-order valence-corrected chi connectivity index (χ1v) is 6.63. The van der Waals surface area contributed by atoms with Crippen molar-refractivity contribution in [3.8, 4) is 0 Å². The second-order valence-corrected chi connectivity index (χ2v) is 5.13. The minimum atomic E-state index is -0.440. The van der Waals surface area contributed by atoms with E-state index in [1.807, 2.05) is 18.2 Å². The third-order valence-corrected chi connectivity index (χ3v) is 3.85. The molecule has 0 unspecified atom stereocenters. The van der Waals surface area contributed by atoms with Crippen molar-refractivity contribution in [2.75, 3.05) is 0 Å². The molecule has 1 aromatic rings. The van der Waals surface area contributed by atoms with Crippen LogP contribution in [-0.2, 0) is 4.79 Å². The normalized spacial score (nSPS) is 22.7. The first-order valence-electron chi connectivity index (χ1n) is 6.25. The number of carbonyl (C=O) groups is 2. The summed E-state index contributed by atoms with van der Waals surface area (Å²) in [4.78, 5) is 23.8. The van der Waals surface area contributed by atoms with Crippen molar-refractivity contribution in [2.45, 2.75) is 25.3 Å². The number of carbonyl (C=O) groups excluding carboxylic acids is 2. The standard InChI is InChI=1S/C14H13ClN2O2/c15-9-5-2-1-4-8(9)13-12-10(16-14(19)17-13)6-3-7-11(12)18/h1-2,4-5,13H,3,6-7H2,(H2,16,17,19)/t13-/m0/s1. The first-order chi connectivity index (χ1) is 9.16. The molecule has 5 heteroatoms. The summed E-state index contributed by atoms with van der Waals surface area (Å²) < 4.78 is 0. The Bertz CT molecular complexity index is 595. The first kappa shape index (κ1) is 12.2. The van der Waals surface area contributed by atoms with Crippen LogP contribution in [0.5, 0.6) is 0 Å². The van der Waals surface area contributed by atoms with Crippen LogP contribution in [0.1, 0.15) is 30.9 Å². The number of benzene rings is 1. The van der Waals surface area contributed by atoms with Gasteiger partial charge in [-0.25, -0.2) is 4.79 Å². The molecule has 1 aliphatic heterocycles. The molecule has 0 spiro atoms. The number of rotatable bonds is 1. The molecule has 4 nitrogen and oxygen atoms in total. The zero-order valence-electron chi connectivity index (χ0n) is 10.2. The van der Waals surface area contributed by atoms with E-state index in [1.54, 1.807) is 6.07 Å². The van der Waals surface area contributed by atoms with Gasteiger partial charge in [-0.3, -0.25) is 4.79 Å². The van der Waals surface area contributed by atoms with E-state index in [-0.39, 0.29) is 11.8 Å². The lowest BCUT2D eigenvalue weighted by Gasteiger charge is -2.32. The second kappa shape index (κ2) is 4.70. The Morgan fingerprint density at radius 3 is 2.74 bits per heavy atom. The number of Topliss-reactive ketones (excluding diaryl/α,β-unsaturated/α-hetero) is 1. The Morgan fingerprint density at radius 2 is 1.95 bits per heavy atom. The molecule has 2 aliphatic rings. The van der Waals surface area contributed by atoms with E-state index in [4.69, 9.17) is 11.6 Å². The summed E-state index contributed by atoms with van der Waals surface area (Å²) in [6.07, 6.45) is 2.04. The molecule has 0 aromatic heterocycles. The van der Waals surface area contributed by atoms with Gasteiger partial charge in [0.1, 0.15) is 0 Å². The maximum atomic E-state index is 12.1. The lowest BCUT2D eigenvalue weighted by atomic mass is 9.85. The molecule has 0 saturated carbocycles. The van der Waals surface area contributed by atoms with E-state index in [2.05, 4.69) is 10.6 Å². The van der Waals surface area contributed by atoms with Gasteiger partial charge in [0.05, 0.1) is 6.04 Å². The van der Waals surface area contributed by atoms with Crippen LogP contribution in [0.3, 0.4) is 0 Å². The molecule has 1 atom stereocenters. The van der Waals surface area contributed by atoms with E-state index < -0.39 is 6.04 Å². The summed E-state index contributed by atoms with van der Waals surface area (Å²) in [5.74, 6) is 0.0821. The van der Waals surface area contributed by atoms with E-state index in [0.717, 1.165) is 24.1 Å². The fourth-order valence-corrected chi connectivity index (χ4v) is 2.89. The number of ketones is 1. The Labute approximate surface area is 115 Å². The Hall–Kier alpha value is -1.81. The summed E-state index contributed by atoms with van der Waals surface area (Å²) in [6, 6.07) is 6.56. The van der Waals surface area contributed by atoms with E-state index in [9.17, 15) is 9.59 Å². The van der Waals surface area contributed by atoms with Gasteiger partial charge in [0.2, 0.25) is 0 Å². The molecule has 1 heterocycles. The lowest BCUT2D eigenvalue weighted by Crippen LogP contribution is -2.46. The number of amides is 2. The minimum absolute atomic E-state index is 0.0821. The van der Waals surface area contributed by atoms with Crippen molar-refractivity contribution >= 4 is 23.4 Å². The largest absolute Gasteiger partial charge is 0.327 e. The van der Waals surface area contributed by atoms with Crippen LogP contribution in [0.25, 0.3) is 0 Å². The molecular formula is C14H13ClN2O2. The number of halogens is 1. The van der Waals surface area contributed by atoms with Gasteiger partial charge in [-0.1, -0.05) is 29.8 Å². The third-order valence-electron chi connectivity index (χ3n) is 3.50. The monoisotopic (exact) mass is 276 g/mol. The fraction of sp³-hybridized carbons (Fsp3) is 0.286. The van der Waals surface area contributed by atoms with Crippen molar-refractivity contribution in [2.24, 2.45) is 0 Å². The maximum Gasteiger partial charge on any atom is 0.319 e. The average Bonchev–Trinajstić information content (AvgIpc) is 2.38. The molecule has 0 bridgehead atoms. The molecule has 98 valence electrons. The topological polar surface area (TPSA) is 58.2 Å². The van der Waals surface area contributed by atoms with Crippen molar-refractivity contribution in [1.29, 1.82) is 0 Å². The zero-order valence-corrected chi connectivity index (χ0v) is 11.0. The van der Waals surface area contributed by atoms with Gasteiger partial charge in [-0.05, 0) is 24.5 Å². The van der Waals surface area contributed by atoms with Gasteiger partial charge in [0.25, 0.3) is 0 Å². The second-order valence-electron chi connectivity index (χ2n) is 4.72.